The van der Waals surface area contributed by atoms with Crippen LogP contribution < -0.4 is 4.90 Å². The first-order chi connectivity index (χ1) is 12.6. The predicted molar refractivity (Wildman–Crippen MR) is 103 cm³/mol. The Morgan fingerprint density at radius 3 is 2.31 bits per heavy atom. The number of carbonyl (C=O) groups excluding carboxylic acids is 1. The fourth-order valence-corrected chi connectivity index (χ4v) is 4.22. The molecule has 1 amide bonds. The maximum atomic E-state index is 12.9. The lowest BCUT2D eigenvalue weighted by Crippen LogP contribution is -2.37. The number of hydrogen-bond donors (Lipinski definition) is 0. The van der Waals surface area contributed by atoms with Crippen LogP contribution in [0.25, 0.3) is 0 Å². The average molecular weight is 359 g/mol. The molecule has 6 nitrogen and oxygen atoms in total. The van der Waals surface area contributed by atoms with Crippen molar-refractivity contribution in [3.63, 3.8) is 0 Å². The zero-order chi connectivity index (χ0) is 18.5. The molecule has 1 saturated heterocycles. The zero-order valence-corrected chi connectivity index (χ0v) is 15.7. The first-order valence-corrected chi connectivity index (χ1v) is 9.88. The summed E-state index contributed by atoms with van der Waals surface area (Å²) >= 11 is 0. The first-order valence-electron chi connectivity index (χ1n) is 9.88. The van der Waals surface area contributed by atoms with Gasteiger partial charge in [0.1, 0.15) is 5.69 Å². The van der Waals surface area contributed by atoms with Gasteiger partial charge in [0.05, 0.1) is 4.92 Å². The normalized spacial score (nSPS) is 19.0. The molecule has 2 fully saturated rings. The number of anilines is 1. The van der Waals surface area contributed by atoms with Crippen molar-refractivity contribution in [1.29, 1.82) is 0 Å². The van der Waals surface area contributed by atoms with Crippen LogP contribution in [0.2, 0.25) is 0 Å². The number of amides is 1. The predicted octanol–water partition coefficient (Wildman–Crippen LogP) is 4.38. The van der Waals surface area contributed by atoms with E-state index in [1.54, 1.807) is 17.0 Å². The van der Waals surface area contributed by atoms with Crippen molar-refractivity contribution in [1.82, 2.24) is 4.90 Å². The number of rotatable bonds is 4. The lowest BCUT2D eigenvalue weighted by atomic mass is 9.95. The molecule has 1 aromatic rings. The van der Waals surface area contributed by atoms with E-state index < -0.39 is 0 Å². The van der Waals surface area contributed by atoms with Gasteiger partial charge in [-0.1, -0.05) is 32.1 Å². The van der Waals surface area contributed by atoms with E-state index in [4.69, 9.17) is 0 Å². The highest BCUT2D eigenvalue weighted by Crippen LogP contribution is 2.32. The first kappa shape index (κ1) is 18.7. The Kier molecular flexibility index (Phi) is 6.12. The van der Waals surface area contributed by atoms with Crippen LogP contribution in [0.5, 0.6) is 0 Å². The van der Waals surface area contributed by atoms with E-state index in [1.807, 2.05) is 11.9 Å². The van der Waals surface area contributed by atoms with Gasteiger partial charge in [0.15, 0.2) is 0 Å². The Morgan fingerprint density at radius 2 is 1.69 bits per heavy atom. The van der Waals surface area contributed by atoms with Crippen molar-refractivity contribution >= 4 is 17.3 Å². The van der Waals surface area contributed by atoms with Gasteiger partial charge in [-0.3, -0.25) is 14.9 Å². The Labute approximate surface area is 155 Å². The molecule has 1 heterocycles. The van der Waals surface area contributed by atoms with Crippen molar-refractivity contribution < 1.29 is 9.72 Å². The number of hydrogen-bond acceptors (Lipinski definition) is 4. The third kappa shape index (κ3) is 4.17. The van der Waals surface area contributed by atoms with Crippen molar-refractivity contribution in [2.24, 2.45) is 0 Å². The summed E-state index contributed by atoms with van der Waals surface area (Å²) in [6.07, 6.45) is 10.2. The summed E-state index contributed by atoms with van der Waals surface area (Å²) in [6.45, 7) is 1.69. The lowest BCUT2D eigenvalue weighted by Gasteiger charge is -2.30. The van der Waals surface area contributed by atoms with Crippen LogP contribution in [0.3, 0.4) is 0 Å². The number of carbonyl (C=O) groups is 1. The van der Waals surface area contributed by atoms with Crippen molar-refractivity contribution in [3.8, 4) is 0 Å². The van der Waals surface area contributed by atoms with Gasteiger partial charge < -0.3 is 9.80 Å². The number of nitro benzene ring substituents is 1. The van der Waals surface area contributed by atoms with Crippen molar-refractivity contribution in [3.05, 3.63) is 33.9 Å². The van der Waals surface area contributed by atoms with E-state index in [2.05, 4.69) is 0 Å². The van der Waals surface area contributed by atoms with Crippen LogP contribution in [-0.4, -0.2) is 41.9 Å². The molecule has 0 N–H and O–H groups in total. The topological polar surface area (TPSA) is 66.7 Å². The minimum absolute atomic E-state index is 0.0452. The summed E-state index contributed by atoms with van der Waals surface area (Å²) in [6, 6.07) is 5.21. The van der Waals surface area contributed by atoms with Crippen LogP contribution >= 0.6 is 0 Å². The molecule has 0 bridgehead atoms. The molecule has 0 aromatic heterocycles. The fraction of sp³-hybridized carbons (Fsp3) is 0.650. The summed E-state index contributed by atoms with van der Waals surface area (Å²) in [7, 11) is 1.84. The van der Waals surface area contributed by atoms with Gasteiger partial charge in [0.25, 0.3) is 11.6 Å². The monoisotopic (exact) mass is 359 g/mol. The Bertz CT molecular complexity index is 648. The van der Waals surface area contributed by atoms with E-state index in [0.717, 1.165) is 51.6 Å². The molecule has 6 heteroatoms. The van der Waals surface area contributed by atoms with E-state index in [1.165, 1.54) is 25.3 Å². The molecule has 0 unspecified atom stereocenters. The smallest absolute Gasteiger partial charge is 0.293 e. The molecular weight excluding hydrogens is 330 g/mol. The van der Waals surface area contributed by atoms with Gasteiger partial charge in [0.2, 0.25) is 0 Å². The highest BCUT2D eigenvalue weighted by molar-refractivity contribution is 5.95. The molecule has 0 atom stereocenters. The van der Waals surface area contributed by atoms with E-state index in [0.29, 0.717) is 11.3 Å². The third-order valence-corrected chi connectivity index (χ3v) is 5.81. The van der Waals surface area contributed by atoms with Crippen LogP contribution in [0, 0.1) is 10.1 Å². The largest absolute Gasteiger partial charge is 0.366 e. The van der Waals surface area contributed by atoms with Crippen LogP contribution in [-0.2, 0) is 0 Å². The minimum atomic E-state index is -0.361. The molecular formula is C20H29N3O3. The molecule has 1 saturated carbocycles. The van der Waals surface area contributed by atoms with E-state index in [-0.39, 0.29) is 22.6 Å². The summed E-state index contributed by atoms with van der Waals surface area (Å²) in [4.78, 5) is 28.0. The SMILES string of the molecule is CN(C(=O)c1ccc(N2CCCC2)c([N+](=O)[O-])c1)C1CCCCCCC1. The molecule has 1 aromatic carbocycles. The van der Waals surface area contributed by atoms with Crippen LogP contribution in [0.15, 0.2) is 18.2 Å². The van der Waals surface area contributed by atoms with E-state index in [9.17, 15) is 14.9 Å². The standard InChI is InChI=1S/C20H29N3O3/c1-21(17-9-5-3-2-4-6-10-17)20(24)16-11-12-18(19(15-16)23(25)26)22-13-7-8-14-22/h11-12,15,17H,2-10,13-14H2,1H3. The van der Waals surface area contributed by atoms with Gasteiger partial charge in [-0.05, 0) is 37.8 Å². The quantitative estimate of drug-likeness (QED) is 0.591. The van der Waals surface area contributed by atoms with Crippen LogP contribution in [0.4, 0.5) is 11.4 Å². The van der Waals surface area contributed by atoms with Gasteiger partial charge in [-0.2, -0.15) is 0 Å². The highest BCUT2D eigenvalue weighted by atomic mass is 16.6. The maximum absolute atomic E-state index is 12.9. The van der Waals surface area contributed by atoms with Gasteiger partial charge >= 0.3 is 0 Å². The van der Waals surface area contributed by atoms with Crippen molar-refractivity contribution in [2.45, 2.75) is 63.8 Å². The Balaban J connectivity index is 1.79. The number of nitro groups is 1. The molecule has 142 valence electrons. The van der Waals surface area contributed by atoms with Crippen LogP contribution in [0.1, 0.15) is 68.1 Å². The average Bonchev–Trinajstić information content (AvgIpc) is 3.14. The number of benzene rings is 1. The highest BCUT2D eigenvalue weighted by Gasteiger charge is 2.26. The maximum Gasteiger partial charge on any atom is 0.293 e. The van der Waals surface area contributed by atoms with Gasteiger partial charge in [0, 0.05) is 37.8 Å². The second kappa shape index (κ2) is 8.52. The van der Waals surface area contributed by atoms with Gasteiger partial charge in [-0.15, -0.1) is 0 Å². The molecule has 0 spiro atoms. The summed E-state index contributed by atoms with van der Waals surface area (Å²) in [5.74, 6) is -0.105. The lowest BCUT2D eigenvalue weighted by molar-refractivity contribution is -0.384. The fourth-order valence-electron chi connectivity index (χ4n) is 4.22. The summed E-state index contributed by atoms with van der Waals surface area (Å²) < 4.78 is 0. The molecule has 3 rings (SSSR count). The molecule has 0 radical (unpaired) electrons. The van der Waals surface area contributed by atoms with Gasteiger partial charge in [-0.25, -0.2) is 0 Å². The zero-order valence-electron chi connectivity index (χ0n) is 15.7. The third-order valence-electron chi connectivity index (χ3n) is 5.81. The molecule has 1 aliphatic carbocycles. The minimum Gasteiger partial charge on any atom is -0.366 e. The molecule has 26 heavy (non-hydrogen) atoms. The Morgan fingerprint density at radius 1 is 1.08 bits per heavy atom. The summed E-state index contributed by atoms with van der Waals surface area (Å²) in [5, 5.41) is 11.6. The van der Waals surface area contributed by atoms with Crippen molar-refractivity contribution in [2.75, 3.05) is 25.0 Å². The Hall–Kier alpha value is -2.11. The molecule has 1 aliphatic heterocycles. The van der Waals surface area contributed by atoms with E-state index >= 15 is 0 Å². The molecule has 2 aliphatic rings. The summed E-state index contributed by atoms with van der Waals surface area (Å²) in [5.41, 5.74) is 1.10. The second-order valence-corrected chi connectivity index (χ2v) is 7.57. The number of nitrogens with zero attached hydrogens (tertiary/aromatic N) is 3. The second-order valence-electron chi connectivity index (χ2n) is 7.57.